The minimum atomic E-state index is -0.165. The summed E-state index contributed by atoms with van der Waals surface area (Å²) >= 11 is 0. The molecular weight excluding hydrogens is 93.1 g/mol. The molecule has 0 spiro atoms. The van der Waals surface area contributed by atoms with E-state index in [2.05, 4.69) is 0 Å². The minimum absolute atomic E-state index is 0.165. The average Bonchev–Trinajstić information content (AvgIpc) is 2.43. The number of hydrogen-bond acceptors (Lipinski definition) is 1. The molecule has 0 aromatic rings. The fraction of sp³-hybridized carbons (Fsp3) is 1.00. The maximum absolute atomic E-state index is 11.6. The quantitative estimate of drug-likeness (QED) is 0.542. The van der Waals surface area contributed by atoms with Crippen LogP contribution in [0.4, 0.5) is 4.39 Å². The Morgan fingerprint density at radius 1 is 1.57 bits per heavy atom. The van der Waals surface area contributed by atoms with Gasteiger partial charge in [0.1, 0.15) is 0 Å². The van der Waals surface area contributed by atoms with Gasteiger partial charge in [-0.2, -0.15) is 0 Å². The first-order valence-electron chi connectivity index (χ1n) is 2.64. The Balaban J connectivity index is 2.06. The van der Waals surface area contributed by atoms with Gasteiger partial charge in [0, 0.05) is 0 Å². The van der Waals surface area contributed by atoms with E-state index in [4.69, 9.17) is 5.73 Å². The van der Waals surface area contributed by atoms with Gasteiger partial charge in [-0.25, -0.2) is 0 Å². The summed E-state index contributed by atoms with van der Waals surface area (Å²) in [5, 5.41) is 0. The molecule has 2 N–H and O–H groups in total. The Kier molecular flexibility index (Phi) is 1.28. The fourth-order valence-corrected chi connectivity index (χ4v) is 0.788. The van der Waals surface area contributed by atoms with Gasteiger partial charge in [-0.3, -0.25) is 4.39 Å². The van der Waals surface area contributed by atoms with Crippen molar-refractivity contribution in [3.05, 3.63) is 0 Å². The highest BCUT2D eigenvalue weighted by Gasteiger charge is 2.35. The van der Waals surface area contributed by atoms with E-state index in [9.17, 15) is 4.39 Å². The molecule has 0 aromatic carbocycles. The van der Waals surface area contributed by atoms with Crippen LogP contribution in [0.1, 0.15) is 6.42 Å². The van der Waals surface area contributed by atoms with Crippen molar-refractivity contribution >= 4 is 0 Å². The van der Waals surface area contributed by atoms with E-state index in [0.29, 0.717) is 18.4 Å². The monoisotopic (exact) mass is 103 g/mol. The highest BCUT2D eigenvalue weighted by molar-refractivity contribution is 4.85. The highest BCUT2D eigenvalue weighted by atomic mass is 19.1. The second-order valence-electron chi connectivity index (χ2n) is 2.15. The van der Waals surface area contributed by atoms with Crippen LogP contribution in [0, 0.1) is 11.8 Å². The summed E-state index contributed by atoms with van der Waals surface area (Å²) in [5.41, 5.74) is 5.23. The van der Waals surface area contributed by atoms with E-state index < -0.39 is 0 Å². The van der Waals surface area contributed by atoms with Crippen molar-refractivity contribution in [2.75, 3.05) is 13.2 Å². The number of hydrogen-bond donors (Lipinski definition) is 1. The van der Waals surface area contributed by atoms with Crippen molar-refractivity contribution in [1.29, 1.82) is 0 Å². The van der Waals surface area contributed by atoms with E-state index in [1.807, 2.05) is 0 Å². The third kappa shape index (κ3) is 0.911. The van der Waals surface area contributed by atoms with Gasteiger partial charge in [-0.05, 0) is 24.8 Å². The van der Waals surface area contributed by atoms with Gasteiger partial charge in [0.2, 0.25) is 0 Å². The number of alkyl halides is 1. The molecule has 0 bridgehead atoms. The zero-order chi connectivity index (χ0) is 5.28. The first-order valence-corrected chi connectivity index (χ1v) is 2.64. The van der Waals surface area contributed by atoms with Gasteiger partial charge in [-0.1, -0.05) is 0 Å². The van der Waals surface area contributed by atoms with Gasteiger partial charge in [0.15, 0.2) is 0 Å². The van der Waals surface area contributed by atoms with Crippen molar-refractivity contribution in [1.82, 2.24) is 0 Å². The normalized spacial score (nSPS) is 38.6. The lowest BCUT2D eigenvalue weighted by Crippen LogP contribution is -2.02. The van der Waals surface area contributed by atoms with Crippen LogP contribution in [-0.4, -0.2) is 13.2 Å². The lowest BCUT2D eigenvalue weighted by molar-refractivity contribution is 0.441. The summed E-state index contributed by atoms with van der Waals surface area (Å²) in [6.45, 7) is 0.510. The van der Waals surface area contributed by atoms with Crippen LogP contribution in [0.5, 0.6) is 0 Å². The number of nitrogens with two attached hydrogens (primary N) is 1. The third-order valence-electron chi connectivity index (χ3n) is 1.57. The summed E-state index contributed by atoms with van der Waals surface area (Å²) in [4.78, 5) is 0. The molecule has 2 atom stereocenters. The van der Waals surface area contributed by atoms with E-state index >= 15 is 0 Å². The molecule has 0 aliphatic heterocycles. The van der Waals surface area contributed by atoms with E-state index in [1.165, 1.54) is 0 Å². The lowest BCUT2D eigenvalue weighted by Gasteiger charge is -1.83. The molecular formula is C5H10FN. The molecule has 42 valence electrons. The van der Waals surface area contributed by atoms with E-state index in [1.54, 1.807) is 0 Å². The molecule has 0 aromatic heterocycles. The molecule has 1 fully saturated rings. The largest absolute Gasteiger partial charge is 0.330 e. The molecule has 1 saturated carbocycles. The van der Waals surface area contributed by atoms with Crippen LogP contribution >= 0.6 is 0 Å². The van der Waals surface area contributed by atoms with Crippen molar-refractivity contribution in [3.63, 3.8) is 0 Å². The van der Waals surface area contributed by atoms with Crippen LogP contribution in [0.2, 0.25) is 0 Å². The molecule has 7 heavy (non-hydrogen) atoms. The Morgan fingerprint density at radius 3 is 2.43 bits per heavy atom. The maximum atomic E-state index is 11.6. The second kappa shape index (κ2) is 1.78. The Bertz CT molecular complexity index is 57.1. The van der Waals surface area contributed by atoms with Crippen LogP contribution in [0.15, 0.2) is 0 Å². The van der Waals surface area contributed by atoms with Gasteiger partial charge in [-0.15, -0.1) is 0 Å². The molecule has 0 radical (unpaired) electrons. The first-order chi connectivity index (χ1) is 3.38. The minimum Gasteiger partial charge on any atom is -0.330 e. The predicted octanol–water partition coefficient (Wildman–Crippen LogP) is 0.551. The number of halogens is 1. The standard InChI is InChI=1S/C5H10FN/c6-2-4-1-5(4)3-7/h4-5H,1-3,7H2/t4-,5+/m1/s1. The zero-order valence-corrected chi connectivity index (χ0v) is 4.23. The van der Waals surface area contributed by atoms with Gasteiger partial charge < -0.3 is 5.73 Å². The number of rotatable bonds is 2. The van der Waals surface area contributed by atoms with E-state index in [-0.39, 0.29) is 6.67 Å². The van der Waals surface area contributed by atoms with Crippen LogP contribution in [0.25, 0.3) is 0 Å². The Morgan fingerprint density at radius 2 is 2.29 bits per heavy atom. The molecule has 0 amide bonds. The Labute approximate surface area is 42.7 Å². The topological polar surface area (TPSA) is 26.0 Å². The summed E-state index contributed by atoms with van der Waals surface area (Å²) in [5.74, 6) is 0.843. The molecule has 1 nitrogen and oxygen atoms in total. The molecule has 1 aliphatic rings. The molecule has 1 aliphatic carbocycles. The van der Waals surface area contributed by atoms with Gasteiger partial charge in [0.05, 0.1) is 6.67 Å². The summed E-state index contributed by atoms with van der Waals surface area (Å²) in [6.07, 6.45) is 1.02. The Hall–Kier alpha value is -0.110. The van der Waals surface area contributed by atoms with Crippen LogP contribution < -0.4 is 5.73 Å². The molecule has 0 heterocycles. The van der Waals surface area contributed by atoms with Crippen LogP contribution in [-0.2, 0) is 0 Å². The SMILES string of the molecule is NC[C@@H]1C[C@@H]1CF. The zero-order valence-electron chi connectivity index (χ0n) is 4.23. The molecule has 1 rings (SSSR count). The van der Waals surface area contributed by atoms with E-state index in [0.717, 1.165) is 6.42 Å². The molecule has 0 saturated heterocycles. The summed E-state index contributed by atoms with van der Waals surface area (Å²) < 4.78 is 11.6. The summed E-state index contributed by atoms with van der Waals surface area (Å²) in [6, 6.07) is 0. The van der Waals surface area contributed by atoms with Crippen molar-refractivity contribution in [2.45, 2.75) is 6.42 Å². The predicted molar refractivity (Wildman–Crippen MR) is 26.6 cm³/mol. The third-order valence-corrected chi connectivity index (χ3v) is 1.57. The second-order valence-corrected chi connectivity index (χ2v) is 2.15. The average molecular weight is 103 g/mol. The van der Waals surface area contributed by atoms with Crippen molar-refractivity contribution < 1.29 is 4.39 Å². The van der Waals surface area contributed by atoms with Gasteiger partial charge in [0.25, 0.3) is 0 Å². The smallest absolute Gasteiger partial charge is 0.0925 e. The van der Waals surface area contributed by atoms with Crippen molar-refractivity contribution in [3.8, 4) is 0 Å². The van der Waals surface area contributed by atoms with Crippen LogP contribution in [0.3, 0.4) is 0 Å². The van der Waals surface area contributed by atoms with Gasteiger partial charge >= 0.3 is 0 Å². The first kappa shape index (κ1) is 5.04. The lowest BCUT2D eigenvalue weighted by atomic mass is 10.3. The summed E-state index contributed by atoms with van der Waals surface area (Å²) in [7, 11) is 0. The maximum Gasteiger partial charge on any atom is 0.0925 e. The van der Waals surface area contributed by atoms with Crippen molar-refractivity contribution in [2.24, 2.45) is 17.6 Å². The highest BCUT2D eigenvalue weighted by Crippen LogP contribution is 2.37. The molecule has 0 unspecified atom stereocenters. The molecule has 2 heteroatoms. The fourth-order valence-electron chi connectivity index (χ4n) is 0.788.